The second-order valence-corrected chi connectivity index (χ2v) is 9.61. The average molecular weight is 537 g/mol. The lowest BCUT2D eigenvalue weighted by Crippen LogP contribution is -2.52. The van der Waals surface area contributed by atoms with Crippen LogP contribution in [0.5, 0.6) is 5.75 Å². The van der Waals surface area contributed by atoms with Gasteiger partial charge in [0.05, 0.1) is 13.5 Å². The van der Waals surface area contributed by atoms with Crippen LogP contribution in [0.25, 0.3) is 0 Å². The lowest BCUT2D eigenvalue weighted by Gasteiger charge is -2.32. The Bertz CT molecular complexity index is 1090. The molecule has 35 heavy (non-hydrogen) atoms. The number of rotatable bonds is 11. The van der Waals surface area contributed by atoms with Crippen molar-refractivity contribution in [3.8, 4) is 5.75 Å². The molecule has 2 amide bonds. The van der Waals surface area contributed by atoms with E-state index < -0.39 is 6.04 Å². The molecular weight excluding hydrogens is 504 g/mol. The number of halogens is 1. The Hall–Kier alpha value is -3.12. The fraction of sp³-hybridized carbons (Fsp3) is 0.310. The molecule has 3 rings (SSSR count). The van der Waals surface area contributed by atoms with Crippen LogP contribution >= 0.6 is 15.9 Å². The first-order valence-corrected chi connectivity index (χ1v) is 12.7. The molecule has 0 aliphatic carbocycles. The van der Waals surface area contributed by atoms with E-state index in [9.17, 15) is 9.59 Å². The van der Waals surface area contributed by atoms with Crippen LogP contribution in [0.1, 0.15) is 37.0 Å². The minimum absolute atomic E-state index is 0.0204. The summed E-state index contributed by atoms with van der Waals surface area (Å²) in [6.45, 7) is 4.36. The van der Waals surface area contributed by atoms with E-state index in [1.54, 1.807) is 12.0 Å². The fourth-order valence-electron chi connectivity index (χ4n) is 3.80. The molecule has 0 saturated heterocycles. The molecule has 0 heterocycles. The van der Waals surface area contributed by atoms with Crippen molar-refractivity contribution in [2.45, 2.75) is 51.7 Å². The molecule has 1 N–H and O–H groups in total. The van der Waals surface area contributed by atoms with Gasteiger partial charge in [0.2, 0.25) is 11.8 Å². The number of benzene rings is 3. The first-order chi connectivity index (χ1) is 16.9. The lowest BCUT2D eigenvalue weighted by molar-refractivity contribution is -0.141. The lowest BCUT2D eigenvalue weighted by atomic mass is 10.0. The molecule has 2 atom stereocenters. The van der Waals surface area contributed by atoms with Crippen molar-refractivity contribution in [2.75, 3.05) is 7.11 Å². The van der Waals surface area contributed by atoms with Gasteiger partial charge in [-0.05, 0) is 54.3 Å². The van der Waals surface area contributed by atoms with Gasteiger partial charge in [-0.2, -0.15) is 0 Å². The molecule has 0 aliphatic rings. The van der Waals surface area contributed by atoms with Crippen molar-refractivity contribution in [1.29, 1.82) is 0 Å². The highest BCUT2D eigenvalue weighted by Gasteiger charge is 2.31. The van der Waals surface area contributed by atoms with Gasteiger partial charge >= 0.3 is 0 Å². The molecule has 184 valence electrons. The summed E-state index contributed by atoms with van der Waals surface area (Å²) in [5, 5.41) is 3.10. The number of ether oxygens (including phenoxy) is 1. The Labute approximate surface area is 216 Å². The smallest absolute Gasteiger partial charge is 0.243 e. The molecule has 0 fully saturated rings. The second kappa shape index (κ2) is 13.1. The monoisotopic (exact) mass is 536 g/mol. The minimum atomic E-state index is -0.638. The maximum atomic E-state index is 13.7. The molecular formula is C29H33BrN2O3. The molecule has 0 unspecified atom stereocenters. The maximum Gasteiger partial charge on any atom is 0.243 e. The van der Waals surface area contributed by atoms with Crippen molar-refractivity contribution in [1.82, 2.24) is 10.2 Å². The standard InChI is InChI=1S/C29H33BrN2O3/c1-4-21(2)31-29(34)27(18-22-8-6-5-7-9-22)32(20-24-10-14-25(30)15-11-24)28(33)19-23-12-16-26(35-3)17-13-23/h5-17,21,27H,4,18-20H2,1-3H3,(H,31,34)/t21-,27-/m1/s1. The number of carbonyl (C=O) groups excluding carboxylic acids is 2. The van der Waals surface area contributed by atoms with Crippen molar-refractivity contribution in [3.05, 3.63) is 100 Å². The SMILES string of the molecule is CC[C@@H](C)NC(=O)[C@@H](Cc1ccccc1)N(Cc1ccc(Br)cc1)C(=O)Cc1ccc(OC)cc1. The van der Waals surface area contributed by atoms with Crippen LogP contribution in [-0.2, 0) is 29.0 Å². The van der Waals surface area contributed by atoms with Crippen molar-refractivity contribution in [3.63, 3.8) is 0 Å². The summed E-state index contributed by atoms with van der Waals surface area (Å²) in [6.07, 6.45) is 1.45. The van der Waals surface area contributed by atoms with E-state index in [2.05, 4.69) is 21.2 Å². The summed E-state index contributed by atoms with van der Waals surface area (Å²) in [5.41, 5.74) is 2.85. The molecule has 0 bridgehead atoms. The molecule has 3 aromatic carbocycles. The number of hydrogen-bond acceptors (Lipinski definition) is 3. The van der Waals surface area contributed by atoms with Gasteiger partial charge in [0, 0.05) is 23.5 Å². The predicted molar refractivity (Wildman–Crippen MR) is 143 cm³/mol. The Morgan fingerprint density at radius 3 is 2.14 bits per heavy atom. The number of hydrogen-bond donors (Lipinski definition) is 1. The topological polar surface area (TPSA) is 58.6 Å². The highest BCUT2D eigenvalue weighted by Crippen LogP contribution is 2.19. The number of carbonyl (C=O) groups is 2. The van der Waals surface area contributed by atoms with E-state index >= 15 is 0 Å². The quantitative estimate of drug-likeness (QED) is 0.349. The number of nitrogens with one attached hydrogen (secondary N) is 1. The van der Waals surface area contributed by atoms with E-state index in [4.69, 9.17) is 4.74 Å². The van der Waals surface area contributed by atoms with Crippen LogP contribution in [0.2, 0.25) is 0 Å². The van der Waals surface area contributed by atoms with Gasteiger partial charge in [-0.25, -0.2) is 0 Å². The van der Waals surface area contributed by atoms with Crippen molar-refractivity contribution < 1.29 is 14.3 Å². The molecule has 0 aromatic heterocycles. The van der Waals surface area contributed by atoms with E-state index in [0.717, 1.165) is 33.3 Å². The first-order valence-electron chi connectivity index (χ1n) is 11.9. The molecule has 0 saturated carbocycles. The zero-order valence-electron chi connectivity index (χ0n) is 20.5. The molecule has 0 radical (unpaired) electrons. The summed E-state index contributed by atoms with van der Waals surface area (Å²) in [5.74, 6) is 0.504. The second-order valence-electron chi connectivity index (χ2n) is 8.70. The Balaban J connectivity index is 1.94. The normalized spacial score (nSPS) is 12.5. The Morgan fingerprint density at radius 1 is 0.914 bits per heavy atom. The number of methoxy groups -OCH3 is 1. The molecule has 0 spiro atoms. The van der Waals surface area contributed by atoms with Crippen molar-refractivity contribution >= 4 is 27.7 Å². The summed E-state index contributed by atoms with van der Waals surface area (Å²) in [7, 11) is 1.62. The fourth-order valence-corrected chi connectivity index (χ4v) is 4.07. The van der Waals surface area contributed by atoms with Crippen LogP contribution in [-0.4, -0.2) is 35.9 Å². The van der Waals surface area contributed by atoms with Crippen LogP contribution in [0.4, 0.5) is 0 Å². The average Bonchev–Trinajstić information content (AvgIpc) is 2.88. The third-order valence-electron chi connectivity index (χ3n) is 6.05. The van der Waals surface area contributed by atoms with E-state index in [-0.39, 0.29) is 24.3 Å². The first kappa shape index (κ1) is 26.5. The van der Waals surface area contributed by atoms with Crippen LogP contribution in [0, 0.1) is 0 Å². The van der Waals surface area contributed by atoms with Gasteiger partial charge in [0.1, 0.15) is 11.8 Å². The van der Waals surface area contributed by atoms with Crippen molar-refractivity contribution in [2.24, 2.45) is 0 Å². The largest absolute Gasteiger partial charge is 0.497 e. The predicted octanol–water partition coefficient (Wildman–Crippen LogP) is 5.56. The molecule has 0 aliphatic heterocycles. The zero-order chi connectivity index (χ0) is 25.2. The molecule has 3 aromatic rings. The van der Waals surface area contributed by atoms with E-state index in [0.29, 0.717) is 13.0 Å². The van der Waals surface area contributed by atoms with Gasteiger partial charge in [-0.3, -0.25) is 9.59 Å². The number of nitrogens with zero attached hydrogens (tertiary/aromatic N) is 1. The van der Waals surface area contributed by atoms with Crippen LogP contribution < -0.4 is 10.1 Å². The Kier molecular flexibility index (Phi) is 9.91. The van der Waals surface area contributed by atoms with Gasteiger partial charge < -0.3 is 15.0 Å². The van der Waals surface area contributed by atoms with Gasteiger partial charge in [0.25, 0.3) is 0 Å². The highest BCUT2D eigenvalue weighted by atomic mass is 79.9. The van der Waals surface area contributed by atoms with E-state index in [1.807, 2.05) is 92.7 Å². The highest BCUT2D eigenvalue weighted by molar-refractivity contribution is 9.10. The molecule has 6 heteroatoms. The summed E-state index contributed by atoms with van der Waals surface area (Å²) in [4.78, 5) is 29.0. The van der Waals surface area contributed by atoms with E-state index in [1.165, 1.54) is 0 Å². The molecule has 5 nitrogen and oxygen atoms in total. The van der Waals surface area contributed by atoms with Gasteiger partial charge in [0.15, 0.2) is 0 Å². The number of amides is 2. The van der Waals surface area contributed by atoms with Crippen LogP contribution in [0.3, 0.4) is 0 Å². The summed E-state index contributed by atoms with van der Waals surface area (Å²) in [6, 6.07) is 24.6. The summed E-state index contributed by atoms with van der Waals surface area (Å²) < 4.78 is 6.21. The third kappa shape index (κ3) is 7.96. The zero-order valence-corrected chi connectivity index (χ0v) is 22.1. The van der Waals surface area contributed by atoms with Gasteiger partial charge in [-0.15, -0.1) is 0 Å². The Morgan fingerprint density at radius 2 is 1.54 bits per heavy atom. The maximum absolute atomic E-state index is 13.7. The third-order valence-corrected chi connectivity index (χ3v) is 6.58. The minimum Gasteiger partial charge on any atom is -0.497 e. The van der Waals surface area contributed by atoms with Gasteiger partial charge in [-0.1, -0.05) is 77.5 Å². The van der Waals surface area contributed by atoms with Crippen LogP contribution in [0.15, 0.2) is 83.3 Å². The summed E-state index contributed by atoms with van der Waals surface area (Å²) >= 11 is 3.47.